The summed E-state index contributed by atoms with van der Waals surface area (Å²) in [5.41, 5.74) is 22.9. The first kappa shape index (κ1) is 42.5. The Hall–Kier alpha value is -4.53. The Morgan fingerprint density at radius 3 is 1.81 bits per heavy atom. The van der Waals surface area contributed by atoms with E-state index in [0.29, 0.717) is 43.0 Å². The van der Waals surface area contributed by atoms with Gasteiger partial charge >= 0.3 is 23.0 Å². The Bertz CT molecular complexity index is 1240. The molecule has 0 bridgehead atoms. The first-order valence-electron chi connectivity index (χ1n) is 14.0. The number of carboxylic acids is 3. The summed E-state index contributed by atoms with van der Waals surface area (Å²) in [6, 6.07) is -3.93. The number of unbranched alkanes of at least 4 members (excludes halogenated alkanes) is 1. The second-order valence-corrected chi connectivity index (χ2v) is 9.74. The van der Waals surface area contributed by atoms with Gasteiger partial charge in [0.2, 0.25) is 11.8 Å². The summed E-state index contributed by atoms with van der Waals surface area (Å²) in [5, 5.41) is 34.4. The maximum Gasteiger partial charge on any atom is 2.00 e. The van der Waals surface area contributed by atoms with Crippen molar-refractivity contribution in [2.24, 2.45) is 32.9 Å². The number of aliphatic imine (C=N–C) groups is 2. The third-order valence-corrected chi connectivity index (χ3v) is 6.01. The van der Waals surface area contributed by atoms with E-state index in [-0.39, 0.29) is 49.3 Å². The molecule has 1 aliphatic rings. The zero-order valence-corrected chi connectivity index (χ0v) is 26.2. The standard InChI is InChI=1S/C14H24N6O4.2C6H9N3O2.Cu/c15-4-2-1-3-10(14(23)24)20-13(22)11(19-12(21)6-16)5-9-7-17-8-18-9;2*7-5(6(10)11)1-4-2-8-3-9-4;/h8,10-11H,1-7,15-16H2,(H,19,21)(H,20,22)(H,23,24);2*2-3,5H,1,7H2,(H,8,9)(H,10,11);/q;;;+2/p-2/t10-,11-;2*5-;/m000./s1. The van der Waals surface area contributed by atoms with Crippen LogP contribution >= 0.6 is 0 Å². The van der Waals surface area contributed by atoms with Crippen LogP contribution in [0.25, 0.3) is 0 Å². The fourth-order valence-electron chi connectivity index (χ4n) is 3.57. The molecule has 2 amide bonds. The van der Waals surface area contributed by atoms with Gasteiger partial charge in [0, 0.05) is 49.5 Å². The van der Waals surface area contributed by atoms with Gasteiger partial charge in [-0.05, 0) is 25.8 Å². The van der Waals surface area contributed by atoms with E-state index in [2.05, 4.69) is 40.6 Å². The third kappa shape index (κ3) is 18.3. The predicted molar refractivity (Wildman–Crippen MR) is 159 cm³/mol. The number of aromatic nitrogens is 4. The van der Waals surface area contributed by atoms with Gasteiger partial charge in [0.05, 0.1) is 49.1 Å². The molecular weight excluding hydrogens is 672 g/mol. The summed E-state index contributed by atoms with van der Waals surface area (Å²) in [6.07, 6.45) is 9.57. The van der Waals surface area contributed by atoms with Crippen molar-refractivity contribution in [3.63, 3.8) is 0 Å². The van der Waals surface area contributed by atoms with E-state index >= 15 is 0 Å². The van der Waals surface area contributed by atoms with Crippen LogP contribution in [0.5, 0.6) is 0 Å². The van der Waals surface area contributed by atoms with E-state index in [4.69, 9.17) is 22.9 Å². The van der Waals surface area contributed by atoms with Crippen molar-refractivity contribution in [2.45, 2.75) is 62.7 Å². The summed E-state index contributed by atoms with van der Waals surface area (Å²) in [7, 11) is 0. The van der Waals surface area contributed by atoms with Gasteiger partial charge in [-0.25, -0.2) is 19.8 Å². The zero-order chi connectivity index (χ0) is 34.5. The number of H-pyrrole nitrogens is 2. The first-order valence-corrected chi connectivity index (χ1v) is 14.0. The van der Waals surface area contributed by atoms with Gasteiger partial charge in [-0.15, -0.1) is 0 Å². The molecule has 4 atom stereocenters. The quantitative estimate of drug-likeness (QED) is 0.0545. The molecule has 0 aromatic carbocycles. The number of amides is 2. The second kappa shape index (κ2) is 23.8. The molecular formula is C26H40CuN12O8. The van der Waals surface area contributed by atoms with Crippen molar-refractivity contribution in [1.29, 1.82) is 0 Å². The number of aliphatic carboxylic acids is 3. The summed E-state index contributed by atoms with van der Waals surface area (Å²) < 4.78 is 0. The summed E-state index contributed by atoms with van der Waals surface area (Å²) in [5.74, 6) is -4.75. The Balaban J connectivity index is 0.000000761. The molecule has 2 aromatic rings. The van der Waals surface area contributed by atoms with Crippen LogP contribution in [0.4, 0.5) is 0 Å². The van der Waals surface area contributed by atoms with Crippen molar-refractivity contribution < 1.29 is 56.4 Å². The Morgan fingerprint density at radius 1 is 0.872 bits per heavy atom. The van der Waals surface area contributed by atoms with Gasteiger partial charge < -0.3 is 68.4 Å². The molecule has 2 aromatic heterocycles. The minimum Gasteiger partial charge on any atom is -0.548 e. The molecule has 0 saturated heterocycles. The Kier molecular flexibility index (Phi) is 21.5. The first-order chi connectivity index (χ1) is 21.9. The van der Waals surface area contributed by atoms with E-state index in [1.165, 1.54) is 19.0 Å². The molecule has 47 heavy (non-hydrogen) atoms. The van der Waals surface area contributed by atoms with Crippen molar-refractivity contribution in [3.05, 3.63) is 36.4 Å². The number of nitrogens with two attached hydrogens (primary N) is 4. The second-order valence-electron chi connectivity index (χ2n) is 9.74. The Labute approximate surface area is 280 Å². The predicted octanol–water partition coefficient (Wildman–Crippen LogP) is -5.94. The maximum atomic E-state index is 12.4. The van der Waals surface area contributed by atoms with Gasteiger partial charge in [-0.3, -0.25) is 14.6 Å². The van der Waals surface area contributed by atoms with Gasteiger partial charge in [-0.1, -0.05) is 0 Å². The van der Waals surface area contributed by atoms with Crippen LogP contribution in [0.1, 0.15) is 37.1 Å². The van der Waals surface area contributed by atoms with E-state index in [0.717, 1.165) is 0 Å². The van der Waals surface area contributed by atoms with E-state index in [1.54, 1.807) is 12.4 Å². The minimum atomic E-state index is -1.26. The molecule has 3 heterocycles. The van der Waals surface area contributed by atoms with Gasteiger partial charge in [-0.2, -0.15) is 0 Å². The topological polar surface area (TPSA) is 362 Å². The Morgan fingerprint density at radius 2 is 1.43 bits per heavy atom. The van der Waals surface area contributed by atoms with Crippen molar-refractivity contribution in [3.8, 4) is 0 Å². The van der Waals surface area contributed by atoms with Crippen LogP contribution in [0.3, 0.4) is 0 Å². The number of hydrogen-bond acceptors (Lipinski definition) is 15. The number of rotatable bonds is 17. The summed E-state index contributed by atoms with van der Waals surface area (Å²) in [6.45, 7) is 0.530. The molecule has 1 radical (unpaired) electrons. The molecule has 0 saturated carbocycles. The number of imidazole rings is 2. The fourth-order valence-corrected chi connectivity index (χ4v) is 3.57. The fraction of sp³-hybridized carbons (Fsp3) is 0.500. The molecule has 0 aliphatic carbocycles. The van der Waals surface area contributed by atoms with Crippen LogP contribution in [0, 0.1) is 0 Å². The monoisotopic (exact) mass is 711 g/mol. The number of carbonyl (C=O) groups excluding carboxylic acids is 4. The van der Waals surface area contributed by atoms with Crippen LogP contribution in [-0.2, 0) is 53.9 Å². The summed E-state index contributed by atoms with van der Waals surface area (Å²) >= 11 is 0. The molecule has 21 heteroatoms. The van der Waals surface area contributed by atoms with E-state index in [9.17, 15) is 39.3 Å². The van der Waals surface area contributed by atoms with Crippen LogP contribution < -0.4 is 43.8 Å². The molecule has 13 N–H and O–H groups in total. The molecule has 263 valence electrons. The zero-order valence-electron chi connectivity index (χ0n) is 25.3. The number of nitrogens with one attached hydrogen (secondary N) is 4. The van der Waals surface area contributed by atoms with Crippen molar-refractivity contribution in [1.82, 2.24) is 30.6 Å². The van der Waals surface area contributed by atoms with Crippen LogP contribution in [0.15, 0.2) is 35.0 Å². The van der Waals surface area contributed by atoms with Crippen molar-refractivity contribution >= 4 is 41.8 Å². The van der Waals surface area contributed by atoms with Crippen LogP contribution in [0.2, 0.25) is 0 Å². The molecule has 0 spiro atoms. The van der Waals surface area contributed by atoms with E-state index in [1.807, 2.05) is 0 Å². The number of nitrogens with zero attached hydrogens (tertiary/aromatic N) is 4. The SMILES string of the molecule is NCCCC[C@H](NC(=O)[C@H](CC1=NC=NC1)NC(=O)CN)C(=O)O.N[C@@H](Cc1c[nH]cn1)C(=O)[O-].N[C@@H](Cc1c[nH]cn1)C(=O)[O-].[Cu+2]. The third-order valence-electron chi connectivity index (χ3n) is 6.01. The molecule has 0 unspecified atom stereocenters. The average Bonchev–Trinajstić information content (AvgIpc) is 3.82. The smallest absolute Gasteiger partial charge is 0.548 e. The van der Waals surface area contributed by atoms with Gasteiger partial charge in [0.25, 0.3) is 0 Å². The summed E-state index contributed by atoms with van der Waals surface area (Å²) in [4.78, 5) is 76.4. The minimum absolute atomic E-state index is 0. The molecule has 1 aliphatic heterocycles. The maximum absolute atomic E-state index is 12.4. The average molecular weight is 712 g/mol. The number of hydrogen-bond donors (Lipinski definition) is 9. The van der Waals surface area contributed by atoms with E-state index < -0.39 is 53.9 Å². The molecule has 0 fully saturated rings. The van der Waals surface area contributed by atoms with Gasteiger partial charge in [0.15, 0.2) is 0 Å². The number of carboxylic acid groups (broad SMARTS) is 3. The normalized spacial score (nSPS) is 13.9. The molecule has 3 rings (SSSR count). The molecule has 20 nitrogen and oxygen atoms in total. The number of aromatic amines is 2. The van der Waals surface area contributed by atoms with Crippen molar-refractivity contribution in [2.75, 3.05) is 19.6 Å². The van der Waals surface area contributed by atoms with Crippen LogP contribution in [-0.4, -0.2) is 111 Å². The van der Waals surface area contributed by atoms with Gasteiger partial charge in [0.1, 0.15) is 18.4 Å². The number of carbonyl (C=O) groups is 5. The largest absolute Gasteiger partial charge is 2.00 e.